The lowest BCUT2D eigenvalue weighted by Crippen LogP contribution is -2.40. The molecule has 1 amide bonds. The van der Waals surface area contributed by atoms with E-state index >= 15 is 0 Å². The van der Waals surface area contributed by atoms with Crippen molar-refractivity contribution in [3.8, 4) is 0 Å². The molecule has 0 bridgehead atoms. The molecule has 2 aromatic carbocycles. The molecule has 2 atom stereocenters. The summed E-state index contributed by atoms with van der Waals surface area (Å²) in [6.45, 7) is 4.00. The lowest BCUT2D eigenvalue weighted by atomic mass is 10.1. The molecule has 6 heteroatoms. The first kappa shape index (κ1) is 18.4. The predicted octanol–water partition coefficient (Wildman–Crippen LogP) is 4.19. The van der Waals surface area contributed by atoms with Gasteiger partial charge in [-0.05, 0) is 56.9 Å². The van der Waals surface area contributed by atoms with Crippen LogP contribution in [0, 0.1) is 0 Å². The summed E-state index contributed by atoms with van der Waals surface area (Å²) < 4.78 is 1.80. The molecule has 2 heterocycles. The minimum atomic E-state index is -0.332. The fourth-order valence-corrected chi connectivity index (χ4v) is 5.20. The largest absolute Gasteiger partial charge is 0.308 e. The van der Waals surface area contributed by atoms with Crippen LogP contribution in [-0.2, 0) is 11.2 Å². The first-order valence-electron chi connectivity index (χ1n) is 10.1. The van der Waals surface area contributed by atoms with Gasteiger partial charge in [0.05, 0.1) is 16.2 Å². The van der Waals surface area contributed by atoms with E-state index in [0.717, 1.165) is 24.9 Å². The van der Waals surface area contributed by atoms with Crippen LogP contribution >= 0.6 is 11.8 Å². The van der Waals surface area contributed by atoms with Crippen LogP contribution in [0.15, 0.2) is 58.5 Å². The molecule has 2 aliphatic rings. The summed E-state index contributed by atoms with van der Waals surface area (Å²) in [5.74, 6) is 0.0669. The standard InChI is InChI=1S/C23H23N3O2S/c1-14-13-16-7-3-6-10-20(16)25(14)21(27)15(2)29-23-24-19-9-5-4-8-18(19)22(28)26(23)17-11-12-17/h3-10,14-15,17H,11-13H2,1-2H3/t14-,15-/m1/s1. The van der Waals surface area contributed by atoms with Crippen LogP contribution in [0.5, 0.6) is 0 Å². The third kappa shape index (κ3) is 3.15. The van der Waals surface area contributed by atoms with Crippen LogP contribution in [0.3, 0.4) is 0 Å². The van der Waals surface area contributed by atoms with Crippen LogP contribution in [0.1, 0.15) is 38.3 Å². The summed E-state index contributed by atoms with van der Waals surface area (Å²) in [7, 11) is 0. The van der Waals surface area contributed by atoms with Crippen LogP contribution in [-0.4, -0.2) is 26.8 Å². The fourth-order valence-electron chi connectivity index (χ4n) is 4.17. The maximum atomic E-state index is 13.4. The van der Waals surface area contributed by atoms with Gasteiger partial charge in [-0.25, -0.2) is 4.98 Å². The highest BCUT2D eigenvalue weighted by atomic mass is 32.2. The zero-order valence-corrected chi connectivity index (χ0v) is 17.4. The molecule has 148 valence electrons. The fraction of sp³-hybridized carbons (Fsp3) is 0.348. The van der Waals surface area contributed by atoms with Crippen molar-refractivity contribution in [1.82, 2.24) is 9.55 Å². The van der Waals surface area contributed by atoms with Gasteiger partial charge in [0.25, 0.3) is 5.56 Å². The van der Waals surface area contributed by atoms with Crippen molar-refractivity contribution in [2.24, 2.45) is 0 Å². The average molecular weight is 406 g/mol. The molecule has 0 spiro atoms. The van der Waals surface area contributed by atoms with Gasteiger partial charge in [0.2, 0.25) is 5.91 Å². The van der Waals surface area contributed by atoms with E-state index in [1.54, 1.807) is 4.57 Å². The predicted molar refractivity (Wildman–Crippen MR) is 117 cm³/mol. The summed E-state index contributed by atoms with van der Waals surface area (Å²) in [4.78, 5) is 33.1. The molecule has 1 saturated carbocycles. The van der Waals surface area contributed by atoms with Crippen molar-refractivity contribution in [3.05, 3.63) is 64.4 Å². The quantitative estimate of drug-likeness (QED) is 0.482. The Balaban J connectivity index is 1.49. The highest BCUT2D eigenvalue weighted by molar-refractivity contribution is 8.00. The highest BCUT2D eigenvalue weighted by Crippen LogP contribution is 2.39. The van der Waals surface area contributed by atoms with Gasteiger partial charge in [0, 0.05) is 17.8 Å². The minimum absolute atomic E-state index is 0.000125. The first-order valence-corrected chi connectivity index (χ1v) is 11.0. The molecule has 1 aliphatic carbocycles. The molecule has 0 saturated heterocycles. The van der Waals surface area contributed by atoms with E-state index in [4.69, 9.17) is 4.98 Å². The molecule has 3 aromatic rings. The third-order valence-electron chi connectivity index (χ3n) is 5.76. The number of amides is 1. The number of aromatic nitrogens is 2. The number of hydrogen-bond donors (Lipinski definition) is 0. The Morgan fingerprint density at radius 1 is 1.14 bits per heavy atom. The maximum absolute atomic E-state index is 13.4. The molecular formula is C23H23N3O2S. The highest BCUT2D eigenvalue weighted by Gasteiger charge is 2.35. The second kappa shape index (κ2) is 7.02. The molecule has 0 N–H and O–H groups in total. The summed E-state index contributed by atoms with van der Waals surface area (Å²) >= 11 is 1.40. The van der Waals surface area contributed by atoms with Gasteiger partial charge >= 0.3 is 0 Å². The number of nitrogens with zero attached hydrogens (tertiary/aromatic N) is 3. The summed E-state index contributed by atoms with van der Waals surface area (Å²) in [6.07, 6.45) is 2.86. The molecule has 1 fully saturated rings. The zero-order chi connectivity index (χ0) is 20.1. The van der Waals surface area contributed by atoms with Gasteiger partial charge in [0.1, 0.15) is 0 Å². The topological polar surface area (TPSA) is 55.2 Å². The summed E-state index contributed by atoms with van der Waals surface area (Å²) in [6, 6.07) is 15.9. The molecule has 1 aliphatic heterocycles. The van der Waals surface area contributed by atoms with E-state index < -0.39 is 0 Å². The van der Waals surface area contributed by atoms with Crippen molar-refractivity contribution >= 4 is 34.3 Å². The number of carbonyl (C=O) groups is 1. The number of hydrogen-bond acceptors (Lipinski definition) is 4. The van der Waals surface area contributed by atoms with E-state index in [1.165, 1.54) is 17.3 Å². The number of fused-ring (bicyclic) bond motifs is 2. The average Bonchev–Trinajstić information content (AvgIpc) is 3.49. The Kier molecular flexibility index (Phi) is 4.46. The van der Waals surface area contributed by atoms with E-state index in [2.05, 4.69) is 13.0 Å². The van der Waals surface area contributed by atoms with Gasteiger partial charge in [-0.3, -0.25) is 14.2 Å². The third-order valence-corrected chi connectivity index (χ3v) is 6.82. The summed E-state index contributed by atoms with van der Waals surface area (Å²) in [5.41, 5.74) is 2.91. The van der Waals surface area contributed by atoms with Crippen LogP contribution in [0.2, 0.25) is 0 Å². The lowest BCUT2D eigenvalue weighted by Gasteiger charge is -2.26. The van der Waals surface area contributed by atoms with Crippen LogP contribution in [0.4, 0.5) is 5.69 Å². The van der Waals surface area contributed by atoms with Crippen molar-refractivity contribution in [2.45, 2.75) is 55.6 Å². The van der Waals surface area contributed by atoms with Crippen molar-refractivity contribution in [1.29, 1.82) is 0 Å². The Bertz CT molecular complexity index is 1170. The Hall–Kier alpha value is -2.60. The first-order chi connectivity index (χ1) is 14.0. The molecule has 5 nitrogen and oxygen atoms in total. The van der Waals surface area contributed by atoms with Gasteiger partial charge in [-0.1, -0.05) is 42.1 Å². The molecule has 1 aromatic heterocycles. The van der Waals surface area contributed by atoms with Crippen LogP contribution in [0.25, 0.3) is 10.9 Å². The molecule has 5 rings (SSSR count). The van der Waals surface area contributed by atoms with Crippen molar-refractivity contribution < 1.29 is 4.79 Å². The minimum Gasteiger partial charge on any atom is -0.308 e. The van der Waals surface area contributed by atoms with Gasteiger partial charge in [0.15, 0.2) is 5.16 Å². The van der Waals surface area contributed by atoms with Gasteiger partial charge in [-0.2, -0.15) is 0 Å². The Labute approximate surface area is 173 Å². The number of thioether (sulfide) groups is 1. The van der Waals surface area contributed by atoms with E-state index in [1.807, 2.05) is 54.3 Å². The number of rotatable bonds is 4. The number of benzene rings is 2. The van der Waals surface area contributed by atoms with E-state index in [0.29, 0.717) is 16.1 Å². The SMILES string of the molecule is C[C@@H]1Cc2ccccc2N1C(=O)[C@@H](C)Sc1nc2ccccc2c(=O)n1C1CC1. The number of para-hydroxylation sites is 2. The lowest BCUT2D eigenvalue weighted by molar-refractivity contribution is -0.118. The van der Waals surface area contributed by atoms with Crippen molar-refractivity contribution in [3.63, 3.8) is 0 Å². The van der Waals surface area contributed by atoms with Crippen LogP contribution < -0.4 is 10.5 Å². The van der Waals surface area contributed by atoms with Crippen molar-refractivity contribution in [2.75, 3.05) is 4.90 Å². The molecule has 0 unspecified atom stereocenters. The number of carbonyl (C=O) groups excluding carboxylic acids is 1. The van der Waals surface area contributed by atoms with E-state index in [-0.39, 0.29) is 28.8 Å². The van der Waals surface area contributed by atoms with E-state index in [9.17, 15) is 9.59 Å². The Morgan fingerprint density at radius 2 is 1.86 bits per heavy atom. The second-order valence-electron chi connectivity index (χ2n) is 7.97. The molecule has 29 heavy (non-hydrogen) atoms. The molecule has 0 radical (unpaired) electrons. The van der Waals surface area contributed by atoms with Gasteiger partial charge < -0.3 is 4.90 Å². The molecular weight excluding hydrogens is 382 g/mol. The monoisotopic (exact) mass is 405 g/mol. The normalized spacial score (nSPS) is 19.4. The maximum Gasteiger partial charge on any atom is 0.262 e. The Morgan fingerprint density at radius 3 is 2.66 bits per heavy atom. The number of anilines is 1. The smallest absolute Gasteiger partial charge is 0.262 e. The summed E-state index contributed by atoms with van der Waals surface area (Å²) in [5, 5.41) is 0.962. The zero-order valence-electron chi connectivity index (χ0n) is 16.5. The van der Waals surface area contributed by atoms with Gasteiger partial charge in [-0.15, -0.1) is 0 Å². The second-order valence-corrected chi connectivity index (χ2v) is 9.28.